The number of carbonyl (C=O) groups is 2. The van der Waals surface area contributed by atoms with Crippen molar-refractivity contribution in [3.8, 4) is 0 Å². The fourth-order valence-electron chi connectivity index (χ4n) is 1.40. The highest BCUT2D eigenvalue weighted by Gasteiger charge is 2.96. The summed E-state index contributed by atoms with van der Waals surface area (Å²) in [6, 6.07) is 0. The first kappa shape index (κ1) is 16.5. The first-order chi connectivity index (χ1) is 8.55. The van der Waals surface area contributed by atoms with Crippen LogP contribution in [0.15, 0.2) is 0 Å². The van der Waals surface area contributed by atoms with Gasteiger partial charge in [-0.1, -0.05) is 0 Å². The summed E-state index contributed by atoms with van der Waals surface area (Å²) in [5, 5.41) is 0. The molecular formula is C7F10O3. The lowest BCUT2D eigenvalue weighted by Crippen LogP contribution is -2.80. The zero-order valence-corrected chi connectivity index (χ0v) is 8.50. The number of rotatable bonds is 0. The van der Waals surface area contributed by atoms with Crippen molar-refractivity contribution < 1.29 is 58.2 Å². The van der Waals surface area contributed by atoms with Crippen LogP contribution in [-0.2, 0) is 14.3 Å². The maximum atomic E-state index is 13.4. The Morgan fingerprint density at radius 2 is 1.15 bits per heavy atom. The number of ether oxygens (including phenoxy) is 1. The highest BCUT2D eigenvalue weighted by Crippen LogP contribution is 2.60. The van der Waals surface area contributed by atoms with Crippen LogP contribution in [0.4, 0.5) is 43.9 Å². The summed E-state index contributed by atoms with van der Waals surface area (Å²) in [6.45, 7) is 0. The molecule has 1 aliphatic rings. The van der Waals surface area contributed by atoms with Gasteiger partial charge in [0.2, 0.25) is 0 Å². The lowest BCUT2D eigenvalue weighted by Gasteiger charge is -2.44. The molecule has 13 heteroatoms. The van der Waals surface area contributed by atoms with Gasteiger partial charge in [-0.3, -0.25) is 0 Å². The second kappa shape index (κ2) is 3.75. The van der Waals surface area contributed by atoms with E-state index in [0.29, 0.717) is 0 Å². The molecule has 1 heterocycles. The molecule has 0 aromatic rings. The van der Waals surface area contributed by atoms with E-state index < -0.39 is 41.6 Å². The summed E-state index contributed by atoms with van der Waals surface area (Å²) in [4.78, 5) is 20.8. The summed E-state index contributed by atoms with van der Waals surface area (Å²) < 4.78 is 128. The van der Waals surface area contributed by atoms with Gasteiger partial charge in [0.1, 0.15) is 0 Å². The first-order valence-corrected chi connectivity index (χ1v) is 4.21. The van der Waals surface area contributed by atoms with Crippen LogP contribution in [0.1, 0.15) is 0 Å². The van der Waals surface area contributed by atoms with Crippen molar-refractivity contribution in [2.45, 2.75) is 29.6 Å². The summed E-state index contributed by atoms with van der Waals surface area (Å²) in [7, 11) is 0. The zero-order valence-electron chi connectivity index (χ0n) is 8.50. The van der Waals surface area contributed by atoms with Gasteiger partial charge in [0, 0.05) is 0 Å². The molecule has 2 unspecified atom stereocenters. The monoisotopic (exact) mass is 322 g/mol. The number of esters is 2. The Morgan fingerprint density at radius 3 is 1.45 bits per heavy atom. The Kier molecular flexibility index (Phi) is 3.10. The molecule has 1 fully saturated rings. The van der Waals surface area contributed by atoms with Crippen molar-refractivity contribution in [1.82, 2.24) is 0 Å². The Bertz CT molecular complexity index is 464. The van der Waals surface area contributed by atoms with E-state index in [0.717, 1.165) is 0 Å². The van der Waals surface area contributed by atoms with Gasteiger partial charge >= 0.3 is 41.6 Å². The molecule has 0 saturated carbocycles. The third-order valence-corrected chi connectivity index (χ3v) is 2.41. The second-order valence-electron chi connectivity index (χ2n) is 3.56. The van der Waals surface area contributed by atoms with Crippen LogP contribution in [0, 0.1) is 0 Å². The van der Waals surface area contributed by atoms with Crippen LogP contribution in [-0.4, -0.2) is 41.6 Å². The van der Waals surface area contributed by atoms with Gasteiger partial charge in [0.05, 0.1) is 0 Å². The molecular weight excluding hydrogens is 322 g/mol. The molecule has 0 spiro atoms. The molecule has 0 N–H and O–H groups in total. The van der Waals surface area contributed by atoms with E-state index in [2.05, 4.69) is 4.74 Å². The zero-order chi connectivity index (χ0) is 16.4. The molecule has 0 aromatic heterocycles. The Morgan fingerprint density at radius 1 is 0.750 bits per heavy atom. The highest BCUT2D eigenvalue weighted by atomic mass is 19.4. The van der Waals surface area contributed by atoms with Gasteiger partial charge in [0.15, 0.2) is 0 Å². The lowest BCUT2D eigenvalue weighted by molar-refractivity contribution is -0.386. The number of carbonyl (C=O) groups excluding carboxylic acids is 2. The van der Waals surface area contributed by atoms with Crippen LogP contribution in [0.25, 0.3) is 0 Å². The minimum atomic E-state index is -7.24. The minimum absolute atomic E-state index is 2.57. The average Bonchev–Trinajstić information content (AvgIpc) is 2.21. The predicted molar refractivity (Wildman–Crippen MR) is 35.8 cm³/mol. The van der Waals surface area contributed by atoms with Gasteiger partial charge in [-0.05, 0) is 0 Å². The van der Waals surface area contributed by atoms with Crippen LogP contribution in [0.5, 0.6) is 0 Å². The third-order valence-electron chi connectivity index (χ3n) is 2.41. The molecule has 20 heavy (non-hydrogen) atoms. The molecule has 0 radical (unpaired) electrons. The van der Waals surface area contributed by atoms with Crippen LogP contribution >= 0.6 is 0 Å². The van der Waals surface area contributed by atoms with Crippen molar-refractivity contribution in [3.05, 3.63) is 0 Å². The quantitative estimate of drug-likeness (QED) is 0.390. The molecule has 0 aliphatic carbocycles. The Hall–Kier alpha value is -1.56. The number of alkyl halides is 10. The van der Waals surface area contributed by atoms with E-state index in [1.165, 1.54) is 0 Å². The van der Waals surface area contributed by atoms with Gasteiger partial charge in [-0.25, -0.2) is 18.4 Å². The van der Waals surface area contributed by atoms with Crippen LogP contribution < -0.4 is 0 Å². The summed E-state index contributed by atoms with van der Waals surface area (Å²) in [5.41, 5.74) is -14.0. The maximum Gasteiger partial charge on any atom is 0.437 e. The van der Waals surface area contributed by atoms with Crippen molar-refractivity contribution in [2.75, 3.05) is 0 Å². The number of hydrogen-bond donors (Lipinski definition) is 0. The van der Waals surface area contributed by atoms with Crippen LogP contribution in [0.3, 0.4) is 0 Å². The predicted octanol–water partition coefficient (Wildman–Crippen LogP) is 2.25. The summed E-state index contributed by atoms with van der Waals surface area (Å²) >= 11 is 0. The van der Waals surface area contributed by atoms with Gasteiger partial charge in [0.25, 0.3) is 0 Å². The molecule has 0 amide bonds. The van der Waals surface area contributed by atoms with Crippen molar-refractivity contribution in [1.29, 1.82) is 0 Å². The van der Waals surface area contributed by atoms with E-state index in [1.807, 2.05) is 0 Å². The molecule has 116 valence electrons. The average molecular weight is 322 g/mol. The molecule has 1 aliphatic heterocycles. The summed E-state index contributed by atoms with van der Waals surface area (Å²) in [5.74, 6) is -14.0. The Balaban J connectivity index is 3.80. The fraction of sp³-hybridized carbons (Fsp3) is 0.714. The molecule has 1 rings (SSSR count). The van der Waals surface area contributed by atoms with Gasteiger partial charge < -0.3 is 4.74 Å². The topological polar surface area (TPSA) is 43.4 Å². The van der Waals surface area contributed by atoms with Crippen LogP contribution in [0.2, 0.25) is 0 Å². The van der Waals surface area contributed by atoms with Crippen molar-refractivity contribution >= 4 is 11.9 Å². The standard InChI is InChI=1S/C7F10O3/c8-3(6(12,13)14)1(18)20-2(19)4(9,10)5(3,11)7(15,16)17. The molecule has 3 nitrogen and oxygen atoms in total. The molecule has 0 aromatic carbocycles. The molecule has 0 bridgehead atoms. The largest absolute Gasteiger partial charge is 0.437 e. The van der Waals surface area contributed by atoms with E-state index >= 15 is 0 Å². The normalized spacial score (nSPS) is 34.9. The van der Waals surface area contributed by atoms with Gasteiger partial charge in [-0.15, -0.1) is 0 Å². The number of hydrogen-bond acceptors (Lipinski definition) is 3. The SMILES string of the molecule is O=C1OC(=O)C(F)(C(F)(F)F)C(F)(C(F)(F)F)C1(F)F. The molecule has 2 atom stereocenters. The van der Waals surface area contributed by atoms with E-state index in [1.54, 1.807) is 0 Å². The second-order valence-corrected chi connectivity index (χ2v) is 3.56. The van der Waals surface area contributed by atoms with E-state index in [4.69, 9.17) is 0 Å². The molecule has 1 saturated heterocycles. The third kappa shape index (κ3) is 1.54. The highest BCUT2D eigenvalue weighted by molar-refractivity contribution is 6.00. The Labute approximate surface area is 101 Å². The first-order valence-electron chi connectivity index (χ1n) is 4.21. The van der Waals surface area contributed by atoms with Crippen molar-refractivity contribution in [3.63, 3.8) is 0 Å². The number of cyclic esters (lactones) is 2. The van der Waals surface area contributed by atoms with Gasteiger partial charge in [-0.2, -0.15) is 35.1 Å². The van der Waals surface area contributed by atoms with E-state index in [-0.39, 0.29) is 0 Å². The minimum Gasteiger partial charge on any atom is -0.386 e. The van der Waals surface area contributed by atoms with Crippen molar-refractivity contribution in [2.24, 2.45) is 0 Å². The smallest absolute Gasteiger partial charge is 0.386 e. The lowest BCUT2D eigenvalue weighted by atomic mass is 9.77. The van der Waals surface area contributed by atoms with E-state index in [9.17, 15) is 53.5 Å². The maximum absolute atomic E-state index is 13.4. The fourth-order valence-corrected chi connectivity index (χ4v) is 1.40. The number of halogens is 10. The summed E-state index contributed by atoms with van der Waals surface area (Å²) in [6.07, 6.45) is -14.3.